The van der Waals surface area contributed by atoms with Crippen LogP contribution in [0.15, 0.2) is 36.4 Å². The van der Waals surface area contributed by atoms with Gasteiger partial charge >= 0.3 is 0 Å². The van der Waals surface area contributed by atoms with E-state index in [-0.39, 0.29) is 11.6 Å². The van der Waals surface area contributed by atoms with Gasteiger partial charge in [0.15, 0.2) is 0 Å². The number of halogens is 1. The summed E-state index contributed by atoms with van der Waals surface area (Å²) in [7, 11) is 0. The van der Waals surface area contributed by atoms with Crippen LogP contribution in [0.2, 0.25) is 0 Å². The van der Waals surface area contributed by atoms with Crippen molar-refractivity contribution >= 4 is 17.3 Å². The fraction of sp³-hybridized carbons (Fsp3) is 0.188. The molecule has 2 aromatic rings. The number of aryl methyl sites for hydroxylation is 1. The van der Waals surface area contributed by atoms with Crippen LogP contribution in [-0.2, 0) is 6.42 Å². The summed E-state index contributed by atoms with van der Waals surface area (Å²) >= 11 is 0. The monoisotopic (exact) mass is 270 g/mol. The summed E-state index contributed by atoms with van der Waals surface area (Å²) in [5.74, 6) is -0.720. The van der Waals surface area contributed by atoms with E-state index in [0.29, 0.717) is 5.56 Å². The second-order valence-corrected chi connectivity index (χ2v) is 4.99. The maximum absolute atomic E-state index is 13.7. The van der Waals surface area contributed by atoms with Crippen molar-refractivity contribution in [1.82, 2.24) is 0 Å². The lowest BCUT2D eigenvalue weighted by molar-refractivity contribution is 0.102. The highest BCUT2D eigenvalue weighted by molar-refractivity contribution is 6.05. The number of fused-ring (bicyclic) bond motifs is 1. The molecule has 0 bridgehead atoms. The number of benzene rings is 2. The van der Waals surface area contributed by atoms with Gasteiger partial charge in [0, 0.05) is 17.8 Å². The molecule has 1 amide bonds. The molecule has 102 valence electrons. The van der Waals surface area contributed by atoms with Crippen molar-refractivity contribution in [3.05, 3.63) is 58.9 Å². The molecule has 1 aliphatic rings. The Bertz CT molecular complexity index is 682. The zero-order chi connectivity index (χ0) is 14.1. The van der Waals surface area contributed by atoms with E-state index in [1.807, 2.05) is 12.1 Å². The molecular formula is C16H15FN2O. The van der Waals surface area contributed by atoms with Gasteiger partial charge in [0.25, 0.3) is 5.91 Å². The first kappa shape index (κ1) is 12.7. The van der Waals surface area contributed by atoms with Crippen molar-refractivity contribution in [3.63, 3.8) is 0 Å². The van der Waals surface area contributed by atoms with Crippen LogP contribution in [0.1, 0.15) is 21.5 Å². The maximum atomic E-state index is 13.7. The van der Waals surface area contributed by atoms with Crippen LogP contribution in [0.25, 0.3) is 0 Å². The van der Waals surface area contributed by atoms with Gasteiger partial charge in [-0.2, -0.15) is 0 Å². The fourth-order valence-electron chi connectivity index (χ4n) is 2.35. The molecule has 1 heterocycles. The van der Waals surface area contributed by atoms with Gasteiger partial charge in [-0.25, -0.2) is 4.39 Å². The van der Waals surface area contributed by atoms with E-state index in [1.54, 1.807) is 25.1 Å². The number of carbonyl (C=O) groups is 1. The van der Waals surface area contributed by atoms with E-state index in [0.717, 1.165) is 24.2 Å². The Labute approximate surface area is 116 Å². The first-order valence-corrected chi connectivity index (χ1v) is 6.58. The molecule has 0 radical (unpaired) electrons. The molecule has 0 saturated heterocycles. The van der Waals surface area contributed by atoms with Crippen LogP contribution in [0.3, 0.4) is 0 Å². The van der Waals surface area contributed by atoms with E-state index in [2.05, 4.69) is 10.6 Å². The minimum Gasteiger partial charge on any atom is -0.384 e. The minimum atomic E-state index is -0.419. The number of anilines is 2. The summed E-state index contributed by atoms with van der Waals surface area (Å²) < 4.78 is 13.7. The highest BCUT2D eigenvalue weighted by Crippen LogP contribution is 2.24. The quantitative estimate of drug-likeness (QED) is 0.878. The molecule has 0 spiro atoms. The third-order valence-electron chi connectivity index (χ3n) is 3.45. The second kappa shape index (κ2) is 4.96. The Balaban J connectivity index is 1.82. The lowest BCUT2D eigenvalue weighted by Crippen LogP contribution is -2.13. The van der Waals surface area contributed by atoms with Crippen LogP contribution >= 0.6 is 0 Å². The SMILES string of the molecule is Cc1ccc(NC(=O)c2ccc3c(c2)NCC3)c(F)c1. The Morgan fingerprint density at radius 2 is 2.10 bits per heavy atom. The summed E-state index contributed by atoms with van der Waals surface area (Å²) in [5, 5.41) is 5.83. The van der Waals surface area contributed by atoms with Crippen LogP contribution in [0.5, 0.6) is 0 Å². The molecule has 3 nitrogen and oxygen atoms in total. The van der Waals surface area contributed by atoms with Gasteiger partial charge in [-0.15, -0.1) is 0 Å². The van der Waals surface area contributed by atoms with Gasteiger partial charge in [-0.1, -0.05) is 12.1 Å². The van der Waals surface area contributed by atoms with Crippen molar-refractivity contribution in [2.45, 2.75) is 13.3 Å². The van der Waals surface area contributed by atoms with Gasteiger partial charge in [0.1, 0.15) is 5.82 Å². The lowest BCUT2D eigenvalue weighted by Gasteiger charge is -2.08. The summed E-state index contributed by atoms with van der Waals surface area (Å²) in [6.07, 6.45) is 0.976. The number of hydrogen-bond acceptors (Lipinski definition) is 2. The topological polar surface area (TPSA) is 41.1 Å². The summed E-state index contributed by atoms with van der Waals surface area (Å²) in [6, 6.07) is 10.3. The predicted molar refractivity (Wildman–Crippen MR) is 77.7 cm³/mol. The predicted octanol–water partition coefficient (Wildman–Crippen LogP) is 3.35. The largest absolute Gasteiger partial charge is 0.384 e. The van der Waals surface area contributed by atoms with Crippen LogP contribution < -0.4 is 10.6 Å². The highest BCUT2D eigenvalue weighted by Gasteiger charge is 2.14. The maximum Gasteiger partial charge on any atom is 0.255 e. The molecule has 4 heteroatoms. The lowest BCUT2D eigenvalue weighted by atomic mass is 10.1. The van der Waals surface area contributed by atoms with E-state index < -0.39 is 5.82 Å². The third kappa shape index (κ3) is 2.37. The van der Waals surface area contributed by atoms with E-state index in [1.165, 1.54) is 11.6 Å². The first-order chi connectivity index (χ1) is 9.63. The molecule has 0 atom stereocenters. The van der Waals surface area contributed by atoms with Gasteiger partial charge in [-0.05, 0) is 48.7 Å². The van der Waals surface area contributed by atoms with Crippen LogP contribution in [-0.4, -0.2) is 12.5 Å². The standard InChI is InChI=1S/C16H15FN2O/c1-10-2-5-14(13(17)8-10)19-16(20)12-4-3-11-6-7-18-15(11)9-12/h2-5,8-9,18H,6-7H2,1H3,(H,19,20). The molecule has 2 aromatic carbocycles. The zero-order valence-corrected chi connectivity index (χ0v) is 11.2. The first-order valence-electron chi connectivity index (χ1n) is 6.58. The Hall–Kier alpha value is -2.36. The Kier molecular flexibility index (Phi) is 3.14. The van der Waals surface area contributed by atoms with E-state index in [4.69, 9.17) is 0 Å². The second-order valence-electron chi connectivity index (χ2n) is 4.99. The van der Waals surface area contributed by atoms with E-state index >= 15 is 0 Å². The number of hydrogen-bond donors (Lipinski definition) is 2. The van der Waals surface area contributed by atoms with Crippen molar-refractivity contribution in [2.75, 3.05) is 17.2 Å². The van der Waals surface area contributed by atoms with Crippen molar-refractivity contribution in [1.29, 1.82) is 0 Å². The van der Waals surface area contributed by atoms with E-state index in [9.17, 15) is 9.18 Å². The number of amides is 1. The molecule has 0 aromatic heterocycles. The van der Waals surface area contributed by atoms with Crippen molar-refractivity contribution < 1.29 is 9.18 Å². The molecule has 0 unspecified atom stereocenters. The molecule has 0 aliphatic carbocycles. The zero-order valence-electron chi connectivity index (χ0n) is 11.2. The van der Waals surface area contributed by atoms with Gasteiger partial charge in [0.2, 0.25) is 0 Å². The Morgan fingerprint density at radius 1 is 1.25 bits per heavy atom. The number of carbonyl (C=O) groups excluding carboxylic acids is 1. The minimum absolute atomic E-state index is 0.203. The molecule has 3 rings (SSSR count). The normalized spacial score (nSPS) is 12.7. The molecule has 0 fully saturated rings. The van der Waals surface area contributed by atoms with Crippen molar-refractivity contribution in [3.8, 4) is 0 Å². The van der Waals surface area contributed by atoms with Crippen LogP contribution in [0, 0.1) is 12.7 Å². The number of rotatable bonds is 2. The summed E-state index contributed by atoms with van der Waals surface area (Å²) in [6.45, 7) is 2.70. The van der Waals surface area contributed by atoms with Crippen molar-refractivity contribution in [2.24, 2.45) is 0 Å². The Morgan fingerprint density at radius 3 is 2.90 bits per heavy atom. The summed E-state index contributed by atoms with van der Waals surface area (Å²) in [4.78, 5) is 12.1. The highest BCUT2D eigenvalue weighted by atomic mass is 19.1. The third-order valence-corrected chi connectivity index (χ3v) is 3.45. The smallest absolute Gasteiger partial charge is 0.255 e. The van der Waals surface area contributed by atoms with Gasteiger partial charge < -0.3 is 10.6 Å². The molecule has 1 aliphatic heterocycles. The van der Waals surface area contributed by atoms with Gasteiger partial charge in [-0.3, -0.25) is 4.79 Å². The average molecular weight is 270 g/mol. The fourth-order valence-corrected chi connectivity index (χ4v) is 2.35. The summed E-state index contributed by atoms with van der Waals surface area (Å²) in [5.41, 5.74) is 3.75. The van der Waals surface area contributed by atoms with Gasteiger partial charge in [0.05, 0.1) is 5.69 Å². The molecular weight excluding hydrogens is 255 g/mol. The van der Waals surface area contributed by atoms with Crippen LogP contribution in [0.4, 0.5) is 15.8 Å². The average Bonchev–Trinajstić information content (AvgIpc) is 2.89. The molecule has 2 N–H and O–H groups in total. The molecule has 0 saturated carbocycles. The number of nitrogens with one attached hydrogen (secondary N) is 2. The molecule has 20 heavy (non-hydrogen) atoms.